The van der Waals surface area contributed by atoms with Crippen molar-refractivity contribution in [2.75, 3.05) is 39.5 Å². The number of hydrogen-bond donors (Lipinski definition) is 1. The molecule has 0 atom stereocenters. The van der Waals surface area contributed by atoms with Crippen molar-refractivity contribution >= 4 is 18.5 Å². The first-order chi connectivity index (χ1) is 6.97. The second-order valence-electron chi connectivity index (χ2n) is 4.51. The van der Waals surface area contributed by atoms with Crippen molar-refractivity contribution in [3.05, 3.63) is 0 Å². The van der Waals surface area contributed by atoms with E-state index in [-0.39, 0.29) is 5.91 Å². The molecule has 0 aromatic carbocycles. The lowest BCUT2D eigenvalue weighted by molar-refractivity contribution is -0.131. The summed E-state index contributed by atoms with van der Waals surface area (Å²) >= 11 is 4.10. The second kappa shape index (κ2) is 7.99. The lowest BCUT2D eigenvalue weighted by Gasteiger charge is -2.26. The van der Waals surface area contributed by atoms with E-state index in [4.69, 9.17) is 0 Å². The third kappa shape index (κ3) is 7.68. The maximum absolute atomic E-state index is 11.7. The highest BCUT2D eigenvalue weighted by Gasteiger charge is 2.13. The Kier molecular flexibility index (Phi) is 7.88. The molecule has 0 unspecified atom stereocenters. The molecule has 4 heteroatoms. The SMILES string of the molecule is CC(C)CN(CCN(C)C)C(=O)CCS. The molecule has 3 nitrogen and oxygen atoms in total. The Hall–Kier alpha value is -0.220. The van der Waals surface area contributed by atoms with Crippen molar-refractivity contribution in [3.8, 4) is 0 Å². The van der Waals surface area contributed by atoms with E-state index in [1.54, 1.807) is 0 Å². The normalized spacial score (nSPS) is 11.1. The molecule has 1 amide bonds. The summed E-state index contributed by atoms with van der Waals surface area (Å²) < 4.78 is 0. The molecule has 15 heavy (non-hydrogen) atoms. The van der Waals surface area contributed by atoms with Gasteiger partial charge >= 0.3 is 0 Å². The number of carbonyl (C=O) groups is 1. The van der Waals surface area contributed by atoms with Gasteiger partial charge in [-0.2, -0.15) is 12.6 Å². The number of thiol groups is 1. The number of hydrogen-bond acceptors (Lipinski definition) is 3. The molecule has 0 saturated carbocycles. The van der Waals surface area contributed by atoms with Crippen LogP contribution in [-0.2, 0) is 4.79 Å². The first-order valence-electron chi connectivity index (χ1n) is 5.50. The minimum absolute atomic E-state index is 0.223. The minimum Gasteiger partial charge on any atom is -0.341 e. The largest absolute Gasteiger partial charge is 0.341 e. The molecule has 0 aliphatic carbocycles. The predicted octanol–water partition coefficient (Wildman–Crippen LogP) is 1.35. The average Bonchev–Trinajstić information content (AvgIpc) is 2.11. The highest BCUT2D eigenvalue weighted by atomic mass is 32.1. The van der Waals surface area contributed by atoms with Crippen LogP contribution >= 0.6 is 12.6 Å². The lowest BCUT2D eigenvalue weighted by Crippen LogP contribution is -2.39. The number of carbonyl (C=O) groups excluding carboxylic acids is 1. The van der Waals surface area contributed by atoms with Crippen molar-refractivity contribution in [1.29, 1.82) is 0 Å². The fourth-order valence-corrected chi connectivity index (χ4v) is 1.52. The van der Waals surface area contributed by atoms with Crippen molar-refractivity contribution in [1.82, 2.24) is 9.80 Å². The first kappa shape index (κ1) is 14.8. The standard InChI is InChI=1S/C11H24N2OS/c1-10(2)9-13(7-6-12(3)4)11(14)5-8-15/h10,15H,5-9H2,1-4H3. The van der Waals surface area contributed by atoms with Crippen LogP contribution in [0.25, 0.3) is 0 Å². The van der Waals surface area contributed by atoms with Crippen LogP contribution in [0.15, 0.2) is 0 Å². The Morgan fingerprint density at radius 2 is 1.87 bits per heavy atom. The molecule has 0 N–H and O–H groups in total. The van der Waals surface area contributed by atoms with Crippen molar-refractivity contribution in [2.45, 2.75) is 20.3 Å². The van der Waals surface area contributed by atoms with Gasteiger partial charge in [0.25, 0.3) is 0 Å². The maximum atomic E-state index is 11.7. The Morgan fingerprint density at radius 3 is 2.27 bits per heavy atom. The third-order valence-corrected chi connectivity index (χ3v) is 2.30. The van der Waals surface area contributed by atoms with Crippen LogP contribution < -0.4 is 0 Å². The second-order valence-corrected chi connectivity index (χ2v) is 4.96. The van der Waals surface area contributed by atoms with Crippen LogP contribution in [0, 0.1) is 5.92 Å². The Labute approximate surface area is 99.2 Å². The zero-order valence-electron chi connectivity index (χ0n) is 10.4. The summed E-state index contributed by atoms with van der Waals surface area (Å²) in [7, 11) is 4.05. The van der Waals surface area contributed by atoms with E-state index in [9.17, 15) is 4.79 Å². The zero-order chi connectivity index (χ0) is 11.8. The molecule has 0 fully saturated rings. The van der Waals surface area contributed by atoms with E-state index in [2.05, 4.69) is 31.4 Å². The lowest BCUT2D eigenvalue weighted by atomic mass is 10.2. The van der Waals surface area contributed by atoms with E-state index in [0.29, 0.717) is 18.1 Å². The maximum Gasteiger partial charge on any atom is 0.223 e. The Morgan fingerprint density at radius 1 is 1.27 bits per heavy atom. The van der Waals surface area contributed by atoms with Gasteiger partial charge in [0, 0.05) is 26.1 Å². The van der Waals surface area contributed by atoms with Gasteiger partial charge in [-0.3, -0.25) is 4.79 Å². The molecular formula is C11H24N2OS. The summed E-state index contributed by atoms with van der Waals surface area (Å²) in [5.74, 6) is 1.38. The number of rotatable bonds is 7. The number of likely N-dealkylation sites (N-methyl/N-ethyl adjacent to an activating group) is 1. The van der Waals surface area contributed by atoms with Crippen LogP contribution in [0.5, 0.6) is 0 Å². The molecule has 0 aromatic rings. The van der Waals surface area contributed by atoms with Crippen molar-refractivity contribution < 1.29 is 4.79 Å². The Bertz CT molecular complexity index is 183. The molecule has 0 aliphatic rings. The van der Waals surface area contributed by atoms with Crippen LogP contribution in [-0.4, -0.2) is 55.2 Å². The molecule has 0 spiro atoms. The van der Waals surface area contributed by atoms with Gasteiger partial charge in [-0.05, 0) is 25.8 Å². The fraction of sp³-hybridized carbons (Fsp3) is 0.909. The summed E-state index contributed by atoms with van der Waals surface area (Å²) in [5, 5.41) is 0. The molecule has 0 rings (SSSR count). The molecule has 0 saturated heterocycles. The highest BCUT2D eigenvalue weighted by molar-refractivity contribution is 7.80. The van der Waals surface area contributed by atoms with Gasteiger partial charge < -0.3 is 9.80 Å². The molecule has 0 radical (unpaired) electrons. The zero-order valence-corrected chi connectivity index (χ0v) is 11.3. The highest BCUT2D eigenvalue weighted by Crippen LogP contribution is 2.02. The predicted molar refractivity (Wildman–Crippen MR) is 68.4 cm³/mol. The smallest absolute Gasteiger partial charge is 0.223 e. The molecule has 0 aliphatic heterocycles. The fourth-order valence-electron chi connectivity index (χ4n) is 1.33. The molecular weight excluding hydrogens is 208 g/mol. The third-order valence-electron chi connectivity index (χ3n) is 2.08. The van der Waals surface area contributed by atoms with Gasteiger partial charge in [0.05, 0.1) is 0 Å². The van der Waals surface area contributed by atoms with E-state index < -0.39 is 0 Å². The van der Waals surface area contributed by atoms with Gasteiger partial charge in [-0.15, -0.1) is 0 Å². The summed E-state index contributed by atoms with van der Waals surface area (Å²) in [5.41, 5.74) is 0. The molecule has 90 valence electrons. The van der Waals surface area contributed by atoms with Gasteiger partial charge in [0.2, 0.25) is 5.91 Å². The van der Waals surface area contributed by atoms with E-state index >= 15 is 0 Å². The van der Waals surface area contributed by atoms with E-state index in [1.165, 1.54) is 0 Å². The topological polar surface area (TPSA) is 23.6 Å². The summed E-state index contributed by atoms with van der Waals surface area (Å²) in [6, 6.07) is 0. The minimum atomic E-state index is 0.223. The van der Waals surface area contributed by atoms with E-state index in [0.717, 1.165) is 19.6 Å². The quantitative estimate of drug-likeness (QED) is 0.670. The van der Waals surface area contributed by atoms with Gasteiger partial charge in [-0.25, -0.2) is 0 Å². The average molecular weight is 232 g/mol. The Balaban J connectivity index is 4.11. The monoisotopic (exact) mass is 232 g/mol. The van der Waals surface area contributed by atoms with E-state index in [1.807, 2.05) is 19.0 Å². The van der Waals surface area contributed by atoms with Crippen LogP contribution in [0.3, 0.4) is 0 Å². The van der Waals surface area contributed by atoms with Gasteiger partial charge in [0.1, 0.15) is 0 Å². The molecule has 0 aromatic heterocycles. The summed E-state index contributed by atoms with van der Waals surface area (Å²) in [6.45, 7) is 6.86. The van der Waals surface area contributed by atoms with Gasteiger partial charge in [0.15, 0.2) is 0 Å². The van der Waals surface area contributed by atoms with Crippen molar-refractivity contribution in [2.24, 2.45) is 5.92 Å². The van der Waals surface area contributed by atoms with Crippen molar-refractivity contribution in [3.63, 3.8) is 0 Å². The number of amides is 1. The molecule has 0 heterocycles. The first-order valence-corrected chi connectivity index (χ1v) is 6.14. The van der Waals surface area contributed by atoms with Crippen LogP contribution in [0.1, 0.15) is 20.3 Å². The number of nitrogens with zero attached hydrogens (tertiary/aromatic N) is 2. The summed E-state index contributed by atoms with van der Waals surface area (Å²) in [4.78, 5) is 15.8. The summed E-state index contributed by atoms with van der Waals surface area (Å²) in [6.07, 6.45) is 0.545. The van der Waals surface area contributed by atoms with Crippen LogP contribution in [0.4, 0.5) is 0 Å². The van der Waals surface area contributed by atoms with Gasteiger partial charge in [-0.1, -0.05) is 13.8 Å². The molecule has 0 bridgehead atoms. The van der Waals surface area contributed by atoms with Crippen LogP contribution in [0.2, 0.25) is 0 Å².